The number of pyridine rings is 1. The molecule has 0 fully saturated rings. The third kappa shape index (κ3) is 2.23. The van der Waals surface area contributed by atoms with Crippen molar-refractivity contribution in [1.82, 2.24) is 18.9 Å². The van der Waals surface area contributed by atoms with Gasteiger partial charge in [-0.3, -0.25) is 14.0 Å². The summed E-state index contributed by atoms with van der Waals surface area (Å²) in [6.45, 7) is 0.799. The van der Waals surface area contributed by atoms with Crippen molar-refractivity contribution < 1.29 is 9.90 Å². The number of nitrogens with one attached hydrogen (secondary N) is 1. The third-order valence-corrected chi connectivity index (χ3v) is 4.17. The smallest absolute Gasteiger partial charge is 0.270 e. The molecule has 0 aliphatic carbocycles. The van der Waals surface area contributed by atoms with Crippen LogP contribution in [0.3, 0.4) is 0 Å². The van der Waals surface area contributed by atoms with Gasteiger partial charge in [-0.05, 0) is 25.0 Å². The lowest BCUT2D eigenvalue weighted by Gasteiger charge is -2.16. The molecule has 4 heterocycles. The predicted octanol–water partition coefficient (Wildman–Crippen LogP) is 1.19. The van der Waals surface area contributed by atoms with E-state index < -0.39 is 11.5 Å². The molecule has 0 bridgehead atoms. The minimum atomic E-state index is -0.543. The number of amides is 1. The Bertz CT molecular complexity index is 1000. The second kappa shape index (κ2) is 5.48. The summed E-state index contributed by atoms with van der Waals surface area (Å²) in [7, 11) is 0. The first kappa shape index (κ1) is 14.4. The zero-order valence-electron chi connectivity index (χ0n) is 12.8. The molecule has 0 unspecified atom stereocenters. The quantitative estimate of drug-likeness (QED) is 0.737. The number of fused-ring (bicyclic) bond motifs is 2. The molecule has 2 N–H and O–H groups in total. The van der Waals surface area contributed by atoms with Crippen molar-refractivity contribution in [3.63, 3.8) is 0 Å². The van der Waals surface area contributed by atoms with Gasteiger partial charge in [0.2, 0.25) is 0 Å². The van der Waals surface area contributed by atoms with Crippen molar-refractivity contribution in [1.29, 1.82) is 0 Å². The fraction of sp³-hybridized carbons (Fsp3) is 0.250. The van der Waals surface area contributed by atoms with Gasteiger partial charge in [0.25, 0.3) is 11.5 Å². The normalized spacial score (nSPS) is 13.7. The van der Waals surface area contributed by atoms with Crippen LogP contribution in [0, 0.1) is 0 Å². The van der Waals surface area contributed by atoms with Gasteiger partial charge in [0.15, 0.2) is 11.4 Å². The summed E-state index contributed by atoms with van der Waals surface area (Å²) >= 11 is 0. The Morgan fingerprint density at radius 3 is 3.00 bits per heavy atom. The molecule has 122 valence electrons. The van der Waals surface area contributed by atoms with Gasteiger partial charge in [0.05, 0.1) is 6.20 Å². The molecule has 3 aromatic heterocycles. The van der Waals surface area contributed by atoms with Gasteiger partial charge in [-0.15, -0.1) is 0 Å². The Balaban J connectivity index is 1.70. The number of aryl methyl sites for hydroxylation is 1. The Morgan fingerprint density at radius 2 is 2.12 bits per heavy atom. The van der Waals surface area contributed by atoms with Crippen LogP contribution in [-0.2, 0) is 13.0 Å². The van der Waals surface area contributed by atoms with Crippen molar-refractivity contribution >= 4 is 17.4 Å². The van der Waals surface area contributed by atoms with Crippen LogP contribution in [0.15, 0.2) is 35.5 Å². The number of imidazole rings is 1. The molecule has 0 saturated heterocycles. The summed E-state index contributed by atoms with van der Waals surface area (Å²) in [6.07, 6.45) is 7.25. The second-order valence-electron chi connectivity index (χ2n) is 5.69. The summed E-state index contributed by atoms with van der Waals surface area (Å²) in [5.74, 6) is 0.856. The van der Waals surface area contributed by atoms with Crippen molar-refractivity contribution in [3.8, 4) is 5.75 Å². The highest BCUT2D eigenvalue weighted by Crippen LogP contribution is 2.20. The fourth-order valence-electron chi connectivity index (χ4n) is 2.95. The molecule has 3 aromatic rings. The molecule has 0 aromatic carbocycles. The molecular formula is C16H15N5O3. The van der Waals surface area contributed by atoms with Crippen LogP contribution in [0.1, 0.15) is 29.0 Å². The molecule has 0 spiro atoms. The van der Waals surface area contributed by atoms with Crippen LogP contribution < -0.4 is 10.9 Å². The maximum absolute atomic E-state index is 12.5. The second-order valence-corrected chi connectivity index (χ2v) is 5.69. The summed E-state index contributed by atoms with van der Waals surface area (Å²) < 4.78 is 3.11. The number of rotatable bonds is 2. The number of hydrogen-bond donors (Lipinski definition) is 2. The van der Waals surface area contributed by atoms with Crippen LogP contribution in [0.5, 0.6) is 5.75 Å². The topological polar surface area (TPSA) is 102 Å². The number of carbonyl (C=O) groups is 1. The first-order valence-electron chi connectivity index (χ1n) is 7.70. The maximum Gasteiger partial charge on any atom is 0.270 e. The van der Waals surface area contributed by atoms with E-state index in [1.807, 2.05) is 4.57 Å². The van der Waals surface area contributed by atoms with E-state index in [2.05, 4.69) is 15.3 Å². The van der Waals surface area contributed by atoms with E-state index in [0.717, 1.165) is 36.0 Å². The zero-order valence-corrected chi connectivity index (χ0v) is 12.8. The lowest BCUT2D eigenvalue weighted by atomic mass is 10.2. The Kier molecular flexibility index (Phi) is 3.30. The molecule has 8 heteroatoms. The number of carbonyl (C=O) groups excluding carboxylic acids is 1. The molecule has 1 aliphatic rings. The monoisotopic (exact) mass is 325 g/mol. The molecule has 4 rings (SSSR count). The van der Waals surface area contributed by atoms with E-state index in [9.17, 15) is 14.7 Å². The Hall–Kier alpha value is -3.16. The van der Waals surface area contributed by atoms with Gasteiger partial charge >= 0.3 is 0 Å². The first-order valence-corrected chi connectivity index (χ1v) is 7.70. The lowest BCUT2D eigenvalue weighted by Crippen LogP contribution is -2.27. The van der Waals surface area contributed by atoms with Crippen LogP contribution in [0.4, 0.5) is 5.82 Å². The average molecular weight is 325 g/mol. The van der Waals surface area contributed by atoms with Crippen LogP contribution in [0.25, 0.3) is 5.65 Å². The van der Waals surface area contributed by atoms with Gasteiger partial charge in [-0.1, -0.05) is 0 Å². The van der Waals surface area contributed by atoms with Gasteiger partial charge in [-0.25, -0.2) is 9.97 Å². The molecule has 0 atom stereocenters. The SMILES string of the molecule is O=C(Nc1cnc2n1CCCC2)c1cnc2c(O)cccn2c1=O. The number of aromatic nitrogens is 4. The van der Waals surface area contributed by atoms with Crippen LogP contribution in [-0.4, -0.2) is 29.9 Å². The van der Waals surface area contributed by atoms with Gasteiger partial charge < -0.3 is 15.0 Å². The molecule has 8 nitrogen and oxygen atoms in total. The van der Waals surface area contributed by atoms with Crippen LogP contribution in [0.2, 0.25) is 0 Å². The third-order valence-electron chi connectivity index (χ3n) is 4.17. The van der Waals surface area contributed by atoms with Crippen molar-refractivity contribution in [2.75, 3.05) is 5.32 Å². The van der Waals surface area contributed by atoms with Crippen LogP contribution >= 0.6 is 0 Å². The number of anilines is 1. The summed E-state index contributed by atoms with van der Waals surface area (Å²) in [5.41, 5.74) is -0.517. The van der Waals surface area contributed by atoms with Crippen molar-refractivity contribution in [2.45, 2.75) is 25.8 Å². The summed E-state index contributed by atoms with van der Waals surface area (Å²) in [4.78, 5) is 33.3. The highest BCUT2D eigenvalue weighted by atomic mass is 16.3. The molecule has 0 saturated carbocycles. The minimum Gasteiger partial charge on any atom is -0.504 e. The molecular weight excluding hydrogens is 310 g/mol. The maximum atomic E-state index is 12.5. The summed E-state index contributed by atoms with van der Waals surface area (Å²) in [6, 6.07) is 2.94. The lowest BCUT2D eigenvalue weighted by molar-refractivity contribution is 0.102. The standard InChI is InChI=1S/C16H15N5O3/c22-11-4-3-7-21-14(11)18-8-10(16(21)24)15(23)19-13-9-17-12-5-1-2-6-20(12)13/h3-4,7-9,22H,1-2,5-6H2,(H,19,23). The first-order chi connectivity index (χ1) is 11.6. The molecule has 1 aliphatic heterocycles. The average Bonchev–Trinajstić information content (AvgIpc) is 2.99. The minimum absolute atomic E-state index is 0.0931. The van der Waals surface area contributed by atoms with E-state index in [1.54, 1.807) is 6.20 Å². The van der Waals surface area contributed by atoms with E-state index in [-0.39, 0.29) is 17.0 Å². The van der Waals surface area contributed by atoms with E-state index in [0.29, 0.717) is 5.82 Å². The number of hydrogen-bond acceptors (Lipinski definition) is 5. The molecule has 24 heavy (non-hydrogen) atoms. The van der Waals surface area contributed by atoms with E-state index >= 15 is 0 Å². The highest BCUT2D eigenvalue weighted by molar-refractivity contribution is 6.03. The van der Waals surface area contributed by atoms with Gasteiger partial charge in [-0.2, -0.15) is 0 Å². The van der Waals surface area contributed by atoms with E-state index in [4.69, 9.17) is 0 Å². The van der Waals surface area contributed by atoms with Crippen molar-refractivity contribution in [3.05, 3.63) is 52.5 Å². The number of aromatic hydroxyl groups is 1. The molecule has 1 amide bonds. The van der Waals surface area contributed by atoms with Gasteiger partial charge in [0, 0.05) is 25.4 Å². The van der Waals surface area contributed by atoms with Gasteiger partial charge in [0.1, 0.15) is 17.2 Å². The predicted molar refractivity (Wildman–Crippen MR) is 86.2 cm³/mol. The summed E-state index contributed by atoms with van der Waals surface area (Å²) in [5, 5.41) is 12.5. The van der Waals surface area contributed by atoms with Crippen molar-refractivity contribution in [2.24, 2.45) is 0 Å². The molecule has 0 radical (unpaired) electrons. The largest absolute Gasteiger partial charge is 0.504 e. The Morgan fingerprint density at radius 1 is 1.25 bits per heavy atom. The zero-order chi connectivity index (χ0) is 16.7. The Labute approximate surface area is 136 Å². The van der Waals surface area contributed by atoms with E-state index in [1.165, 1.54) is 24.5 Å². The highest BCUT2D eigenvalue weighted by Gasteiger charge is 2.19. The number of nitrogens with zero attached hydrogens (tertiary/aromatic N) is 4. The fourth-order valence-corrected chi connectivity index (χ4v) is 2.95.